The topological polar surface area (TPSA) is 69.6 Å². The first-order valence-electron chi connectivity index (χ1n) is 9.43. The van der Waals surface area contributed by atoms with Gasteiger partial charge in [-0.05, 0) is 31.6 Å². The summed E-state index contributed by atoms with van der Waals surface area (Å²) < 4.78 is 12.4. The molecule has 0 radical (unpaired) electrons. The van der Waals surface area contributed by atoms with Gasteiger partial charge in [-0.25, -0.2) is 9.97 Å². The summed E-state index contributed by atoms with van der Waals surface area (Å²) in [4.78, 5) is 13.5. The number of piperidine rings is 1. The first kappa shape index (κ1) is 18.6. The number of rotatable bonds is 5. The molecule has 2 saturated heterocycles. The maximum absolute atomic E-state index is 12.6. The number of hydrogen-bond acceptors (Lipinski definition) is 6. The standard InChI is InChI=1S/C18H30N4O2S/c1-3-18(4-2)13-22(8-9-25(18)24)17-10-16(19-14-20-17)21-7-5-6-15(11-21)12-23/h10,14-15,23H,3-9,11-13H2,1-2H3. The average Bonchev–Trinajstić information content (AvgIpc) is 2.69. The van der Waals surface area contributed by atoms with E-state index in [-0.39, 0.29) is 11.4 Å². The molecular formula is C18H30N4O2S. The fraction of sp³-hybridized carbons (Fsp3) is 0.778. The van der Waals surface area contributed by atoms with E-state index in [2.05, 4.69) is 39.7 Å². The van der Waals surface area contributed by atoms with Crippen LogP contribution in [-0.2, 0) is 10.8 Å². The highest BCUT2D eigenvalue weighted by Crippen LogP contribution is 2.31. The third-order valence-corrected chi connectivity index (χ3v) is 8.09. The zero-order valence-electron chi connectivity index (χ0n) is 15.4. The molecule has 7 heteroatoms. The monoisotopic (exact) mass is 366 g/mol. The van der Waals surface area contributed by atoms with Crippen molar-refractivity contribution in [3.63, 3.8) is 0 Å². The van der Waals surface area contributed by atoms with Gasteiger partial charge in [-0.3, -0.25) is 4.21 Å². The molecule has 1 N–H and O–H groups in total. The lowest BCUT2D eigenvalue weighted by atomic mass is 9.99. The van der Waals surface area contributed by atoms with Crippen molar-refractivity contribution in [2.75, 3.05) is 48.3 Å². The molecule has 2 atom stereocenters. The molecule has 0 amide bonds. The van der Waals surface area contributed by atoms with E-state index in [0.29, 0.717) is 11.7 Å². The molecule has 0 aromatic carbocycles. The van der Waals surface area contributed by atoms with Crippen LogP contribution in [0.25, 0.3) is 0 Å². The Balaban J connectivity index is 1.78. The summed E-state index contributed by atoms with van der Waals surface area (Å²) in [5.41, 5.74) is 0. The van der Waals surface area contributed by atoms with Crippen LogP contribution in [0.1, 0.15) is 39.5 Å². The number of aromatic nitrogens is 2. The lowest BCUT2D eigenvalue weighted by Crippen LogP contribution is -2.53. The van der Waals surface area contributed by atoms with Crippen LogP contribution in [0, 0.1) is 5.92 Å². The van der Waals surface area contributed by atoms with Crippen molar-refractivity contribution >= 4 is 22.4 Å². The summed E-state index contributed by atoms with van der Waals surface area (Å²) in [5, 5.41) is 9.45. The van der Waals surface area contributed by atoms with E-state index in [4.69, 9.17) is 0 Å². The van der Waals surface area contributed by atoms with Gasteiger partial charge in [0, 0.05) is 55.4 Å². The second-order valence-electron chi connectivity index (χ2n) is 7.23. The zero-order valence-corrected chi connectivity index (χ0v) is 16.2. The Morgan fingerprint density at radius 2 is 1.96 bits per heavy atom. The predicted molar refractivity (Wildman–Crippen MR) is 103 cm³/mol. The van der Waals surface area contributed by atoms with Crippen LogP contribution in [-0.4, -0.2) is 62.6 Å². The molecule has 25 heavy (non-hydrogen) atoms. The molecule has 1 aromatic rings. The Morgan fingerprint density at radius 3 is 2.64 bits per heavy atom. The Labute approximate surface area is 153 Å². The molecule has 3 heterocycles. The van der Waals surface area contributed by atoms with E-state index in [1.807, 2.05) is 0 Å². The van der Waals surface area contributed by atoms with Crippen molar-refractivity contribution in [1.29, 1.82) is 0 Å². The van der Waals surface area contributed by atoms with Crippen molar-refractivity contribution in [3.05, 3.63) is 12.4 Å². The van der Waals surface area contributed by atoms with Crippen molar-refractivity contribution in [1.82, 2.24) is 9.97 Å². The lowest BCUT2D eigenvalue weighted by molar-refractivity contribution is 0.208. The summed E-state index contributed by atoms with van der Waals surface area (Å²) in [6.45, 7) is 7.92. The highest BCUT2D eigenvalue weighted by Gasteiger charge is 2.39. The first-order valence-corrected chi connectivity index (χ1v) is 10.7. The maximum Gasteiger partial charge on any atom is 0.134 e. The van der Waals surface area contributed by atoms with Crippen molar-refractivity contribution in [2.24, 2.45) is 5.92 Å². The molecule has 6 nitrogen and oxygen atoms in total. The molecule has 1 aromatic heterocycles. The molecule has 0 aliphatic carbocycles. The van der Waals surface area contributed by atoms with Crippen LogP contribution in [0.3, 0.4) is 0 Å². The van der Waals surface area contributed by atoms with E-state index >= 15 is 0 Å². The third-order valence-electron chi connectivity index (χ3n) is 5.86. The van der Waals surface area contributed by atoms with Crippen LogP contribution in [0.4, 0.5) is 11.6 Å². The zero-order chi connectivity index (χ0) is 17.9. The van der Waals surface area contributed by atoms with Crippen LogP contribution in [0.2, 0.25) is 0 Å². The molecule has 2 unspecified atom stereocenters. The second-order valence-corrected chi connectivity index (χ2v) is 9.20. The summed E-state index contributed by atoms with van der Waals surface area (Å²) in [6, 6.07) is 2.06. The average molecular weight is 367 g/mol. The summed E-state index contributed by atoms with van der Waals surface area (Å²) in [6.07, 6.45) is 5.66. The van der Waals surface area contributed by atoms with Gasteiger partial charge in [0.1, 0.15) is 18.0 Å². The van der Waals surface area contributed by atoms with E-state index in [1.54, 1.807) is 6.33 Å². The Morgan fingerprint density at radius 1 is 1.24 bits per heavy atom. The third kappa shape index (κ3) is 3.82. The summed E-state index contributed by atoms with van der Waals surface area (Å²) >= 11 is 0. The SMILES string of the molecule is CCC1(CC)CN(c2cc(N3CCCC(CO)C3)ncn2)CCS1=O. The molecule has 2 fully saturated rings. The summed E-state index contributed by atoms with van der Waals surface area (Å²) in [5.74, 6) is 2.90. The molecule has 140 valence electrons. The molecule has 2 aliphatic rings. The molecular weight excluding hydrogens is 336 g/mol. The number of aliphatic hydroxyl groups is 1. The van der Waals surface area contributed by atoms with Crippen molar-refractivity contribution < 1.29 is 9.32 Å². The first-order chi connectivity index (χ1) is 12.1. The van der Waals surface area contributed by atoms with Gasteiger partial charge >= 0.3 is 0 Å². The molecule has 0 bridgehead atoms. The smallest absolute Gasteiger partial charge is 0.134 e. The highest BCUT2D eigenvalue weighted by molar-refractivity contribution is 7.86. The quantitative estimate of drug-likeness (QED) is 0.857. The van der Waals surface area contributed by atoms with E-state index < -0.39 is 10.8 Å². The Bertz CT molecular complexity index is 608. The van der Waals surface area contributed by atoms with E-state index in [9.17, 15) is 9.32 Å². The number of nitrogens with zero attached hydrogens (tertiary/aromatic N) is 4. The van der Waals surface area contributed by atoms with Gasteiger partial charge < -0.3 is 14.9 Å². The van der Waals surface area contributed by atoms with E-state index in [1.165, 1.54) is 0 Å². The fourth-order valence-corrected chi connectivity index (χ4v) is 5.77. The molecule has 3 rings (SSSR count). The second kappa shape index (κ2) is 7.99. The number of anilines is 2. The van der Waals surface area contributed by atoms with Crippen LogP contribution < -0.4 is 9.80 Å². The normalized spacial score (nSPS) is 26.7. The van der Waals surface area contributed by atoms with Gasteiger partial charge in [0.05, 0.1) is 4.75 Å². The van der Waals surface area contributed by atoms with Gasteiger partial charge in [-0.2, -0.15) is 0 Å². The minimum absolute atomic E-state index is 0.129. The van der Waals surface area contributed by atoms with E-state index in [0.717, 1.165) is 63.5 Å². The Hall–Kier alpha value is -1.21. The molecule has 0 spiro atoms. The summed E-state index contributed by atoms with van der Waals surface area (Å²) in [7, 11) is -0.770. The van der Waals surface area contributed by atoms with Gasteiger partial charge in [0.2, 0.25) is 0 Å². The minimum atomic E-state index is -0.770. The highest BCUT2D eigenvalue weighted by atomic mass is 32.2. The largest absolute Gasteiger partial charge is 0.396 e. The molecule has 2 aliphatic heterocycles. The Kier molecular flexibility index (Phi) is 5.94. The van der Waals surface area contributed by atoms with Gasteiger partial charge in [0.25, 0.3) is 0 Å². The predicted octanol–water partition coefficient (Wildman–Crippen LogP) is 1.81. The van der Waals surface area contributed by atoms with Gasteiger partial charge in [-0.15, -0.1) is 0 Å². The molecule has 0 saturated carbocycles. The van der Waals surface area contributed by atoms with Gasteiger partial charge in [0.15, 0.2) is 0 Å². The van der Waals surface area contributed by atoms with Crippen molar-refractivity contribution in [3.8, 4) is 0 Å². The maximum atomic E-state index is 12.6. The lowest BCUT2D eigenvalue weighted by Gasteiger charge is -2.42. The van der Waals surface area contributed by atoms with Crippen molar-refractivity contribution in [2.45, 2.75) is 44.3 Å². The van der Waals surface area contributed by atoms with Crippen LogP contribution in [0.5, 0.6) is 0 Å². The van der Waals surface area contributed by atoms with Crippen LogP contribution >= 0.6 is 0 Å². The van der Waals surface area contributed by atoms with Gasteiger partial charge in [-0.1, -0.05) is 13.8 Å². The minimum Gasteiger partial charge on any atom is -0.396 e. The number of aliphatic hydroxyl groups excluding tert-OH is 1. The fourth-order valence-electron chi connectivity index (χ4n) is 4.00. The van der Waals surface area contributed by atoms with Crippen LogP contribution in [0.15, 0.2) is 12.4 Å². The number of hydrogen-bond donors (Lipinski definition) is 1.